The largest absolute Gasteiger partial charge is 0.353 e. The first-order valence-electron chi connectivity index (χ1n) is 8.82. The summed E-state index contributed by atoms with van der Waals surface area (Å²) in [5.41, 5.74) is 1.95. The van der Waals surface area contributed by atoms with E-state index in [4.69, 9.17) is 11.6 Å². The number of H-pyrrole nitrogens is 1. The van der Waals surface area contributed by atoms with Crippen molar-refractivity contribution in [2.75, 3.05) is 18.0 Å². The van der Waals surface area contributed by atoms with Gasteiger partial charge in [-0.25, -0.2) is 8.78 Å². The van der Waals surface area contributed by atoms with Crippen molar-refractivity contribution in [2.24, 2.45) is 0 Å². The van der Waals surface area contributed by atoms with Crippen LogP contribution in [0.3, 0.4) is 0 Å². The molecule has 1 atom stereocenters. The van der Waals surface area contributed by atoms with Gasteiger partial charge >= 0.3 is 0 Å². The molecule has 4 rings (SSSR count). The van der Waals surface area contributed by atoms with E-state index in [-0.39, 0.29) is 11.6 Å². The average molecular weight is 403 g/mol. The van der Waals surface area contributed by atoms with Crippen molar-refractivity contribution in [1.29, 1.82) is 0 Å². The number of anilines is 1. The zero-order chi connectivity index (χ0) is 19.7. The maximum Gasteiger partial charge on any atom is 0.251 e. The molecule has 144 valence electrons. The summed E-state index contributed by atoms with van der Waals surface area (Å²) in [5, 5.41) is 10.9. The Labute approximate surface area is 165 Å². The van der Waals surface area contributed by atoms with Gasteiger partial charge in [-0.3, -0.25) is 9.89 Å². The first-order valence-corrected chi connectivity index (χ1v) is 9.19. The van der Waals surface area contributed by atoms with Gasteiger partial charge in [0.25, 0.3) is 5.91 Å². The van der Waals surface area contributed by atoms with E-state index in [1.807, 2.05) is 30.3 Å². The van der Waals surface area contributed by atoms with Crippen molar-refractivity contribution in [3.8, 4) is 11.3 Å². The Balaban J connectivity index is 1.39. The normalized spacial score (nSPS) is 16.4. The van der Waals surface area contributed by atoms with Crippen molar-refractivity contribution in [1.82, 2.24) is 15.5 Å². The van der Waals surface area contributed by atoms with Gasteiger partial charge in [-0.15, -0.1) is 0 Å². The van der Waals surface area contributed by atoms with Gasteiger partial charge < -0.3 is 10.2 Å². The lowest BCUT2D eigenvalue weighted by atomic mass is 10.1. The number of benzene rings is 2. The predicted molar refractivity (Wildman–Crippen MR) is 103 cm³/mol. The standard InChI is InChI=1S/C20H17ClF2N4O/c21-14-4-1-12(2-5-14)18-10-19(26-25-18)27-8-7-15(11-27)24-20(28)13-3-6-16(22)17(23)9-13/h1-6,9-10,15H,7-8,11H2,(H,24,28)(H,25,26). The number of hydrogen-bond acceptors (Lipinski definition) is 3. The number of hydrogen-bond donors (Lipinski definition) is 2. The van der Waals surface area contributed by atoms with Gasteiger partial charge in [-0.1, -0.05) is 23.7 Å². The van der Waals surface area contributed by atoms with E-state index in [0.717, 1.165) is 42.2 Å². The van der Waals surface area contributed by atoms with Gasteiger partial charge in [0.15, 0.2) is 17.5 Å². The fourth-order valence-corrected chi connectivity index (χ4v) is 3.37. The summed E-state index contributed by atoms with van der Waals surface area (Å²) in [6.07, 6.45) is 0.735. The molecular formula is C20H17ClF2N4O. The van der Waals surface area contributed by atoms with Crippen LogP contribution >= 0.6 is 11.6 Å². The molecule has 2 N–H and O–H groups in total. The highest BCUT2D eigenvalue weighted by Crippen LogP contribution is 2.25. The monoisotopic (exact) mass is 402 g/mol. The second-order valence-corrected chi connectivity index (χ2v) is 7.12. The Hall–Kier alpha value is -2.93. The van der Waals surface area contributed by atoms with Crippen LogP contribution in [0.5, 0.6) is 0 Å². The smallest absolute Gasteiger partial charge is 0.251 e. The molecule has 1 aromatic heterocycles. The number of carbonyl (C=O) groups is 1. The summed E-state index contributed by atoms with van der Waals surface area (Å²) in [4.78, 5) is 14.3. The van der Waals surface area contributed by atoms with Crippen molar-refractivity contribution in [2.45, 2.75) is 12.5 Å². The fourth-order valence-electron chi connectivity index (χ4n) is 3.24. The number of halogens is 3. The first-order chi connectivity index (χ1) is 13.5. The second-order valence-electron chi connectivity index (χ2n) is 6.68. The third-order valence-electron chi connectivity index (χ3n) is 4.75. The summed E-state index contributed by atoms with van der Waals surface area (Å²) in [7, 11) is 0. The lowest BCUT2D eigenvalue weighted by Gasteiger charge is -2.16. The average Bonchev–Trinajstić information content (AvgIpc) is 3.34. The highest BCUT2D eigenvalue weighted by Gasteiger charge is 2.26. The zero-order valence-electron chi connectivity index (χ0n) is 14.8. The minimum Gasteiger partial charge on any atom is -0.353 e. The maximum absolute atomic E-state index is 13.3. The molecule has 1 amide bonds. The number of aromatic nitrogens is 2. The number of aromatic amines is 1. The van der Waals surface area contributed by atoms with E-state index in [0.29, 0.717) is 11.6 Å². The highest BCUT2D eigenvalue weighted by atomic mass is 35.5. The third kappa shape index (κ3) is 3.84. The van der Waals surface area contributed by atoms with Crippen molar-refractivity contribution in [3.05, 3.63) is 70.8 Å². The van der Waals surface area contributed by atoms with E-state index in [2.05, 4.69) is 20.4 Å². The number of nitrogens with one attached hydrogen (secondary N) is 2. The highest BCUT2D eigenvalue weighted by molar-refractivity contribution is 6.30. The fraction of sp³-hybridized carbons (Fsp3) is 0.200. The van der Waals surface area contributed by atoms with E-state index in [1.54, 1.807) is 0 Å². The first kappa shape index (κ1) is 18.4. The lowest BCUT2D eigenvalue weighted by Crippen LogP contribution is -2.37. The van der Waals surface area contributed by atoms with Crippen LogP contribution in [0.2, 0.25) is 5.02 Å². The molecule has 3 aromatic rings. The Morgan fingerprint density at radius 2 is 1.93 bits per heavy atom. The van der Waals surface area contributed by atoms with Gasteiger partial charge in [0.2, 0.25) is 0 Å². The molecule has 1 unspecified atom stereocenters. The molecule has 5 nitrogen and oxygen atoms in total. The Bertz CT molecular complexity index is 1010. The van der Waals surface area contributed by atoms with E-state index in [9.17, 15) is 13.6 Å². The summed E-state index contributed by atoms with van der Waals surface area (Å²) >= 11 is 5.92. The number of amides is 1. The van der Waals surface area contributed by atoms with Gasteiger partial charge in [0, 0.05) is 35.8 Å². The molecule has 0 radical (unpaired) electrons. The van der Waals surface area contributed by atoms with Gasteiger partial charge in [-0.05, 0) is 42.3 Å². The second kappa shape index (κ2) is 7.59. The molecule has 1 aliphatic rings. The minimum absolute atomic E-state index is 0.0992. The van der Waals surface area contributed by atoms with E-state index in [1.165, 1.54) is 6.07 Å². The summed E-state index contributed by atoms with van der Waals surface area (Å²) < 4.78 is 26.3. The molecule has 2 heterocycles. The van der Waals surface area contributed by atoms with Crippen LogP contribution in [0.15, 0.2) is 48.5 Å². The number of nitrogens with zero attached hydrogens (tertiary/aromatic N) is 2. The van der Waals surface area contributed by atoms with Crippen LogP contribution < -0.4 is 10.2 Å². The quantitative estimate of drug-likeness (QED) is 0.693. The van der Waals surface area contributed by atoms with Crippen LogP contribution in [0.25, 0.3) is 11.3 Å². The van der Waals surface area contributed by atoms with Crippen LogP contribution in [-0.2, 0) is 0 Å². The molecule has 1 fully saturated rings. The Kier molecular flexibility index (Phi) is 5.00. The van der Waals surface area contributed by atoms with Gasteiger partial charge in [0.1, 0.15) is 0 Å². The third-order valence-corrected chi connectivity index (χ3v) is 5.00. The van der Waals surface area contributed by atoms with Crippen molar-refractivity contribution < 1.29 is 13.6 Å². The molecule has 28 heavy (non-hydrogen) atoms. The molecule has 0 bridgehead atoms. The summed E-state index contributed by atoms with van der Waals surface area (Å²) in [6, 6.07) is 12.4. The van der Waals surface area contributed by atoms with Crippen molar-refractivity contribution in [3.63, 3.8) is 0 Å². The van der Waals surface area contributed by atoms with Crippen LogP contribution in [0, 0.1) is 11.6 Å². The van der Waals surface area contributed by atoms with E-state index >= 15 is 0 Å². The van der Waals surface area contributed by atoms with Gasteiger partial charge in [-0.2, -0.15) is 5.10 Å². The zero-order valence-corrected chi connectivity index (χ0v) is 15.5. The lowest BCUT2D eigenvalue weighted by molar-refractivity contribution is 0.0940. The van der Waals surface area contributed by atoms with Crippen LogP contribution in [0.4, 0.5) is 14.6 Å². The predicted octanol–water partition coefficient (Wildman–Crippen LogP) is 4.02. The number of rotatable bonds is 4. The molecular weight excluding hydrogens is 386 g/mol. The summed E-state index contributed by atoms with van der Waals surface area (Å²) in [6.45, 7) is 1.31. The van der Waals surface area contributed by atoms with Crippen molar-refractivity contribution >= 4 is 23.3 Å². The molecule has 0 aliphatic carbocycles. The SMILES string of the molecule is O=C(NC1CCN(c2cc(-c3ccc(Cl)cc3)[nH]n2)C1)c1ccc(F)c(F)c1. The molecule has 2 aromatic carbocycles. The van der Waals surface area contributed by atoms with Crippen LogP contribution in [0.1, 0.15) is 16.8 Å². The van der Waals surface area contributed by atoms with E-state index < -0.39 is 17.5 Å². The summed E-state index contributed by atoms with van der Waals surface area (Å²) in [5.74, 6) is -1.64. The Morgan fingerprint density at radius 1 is 1.14 bits per heavy atom. The minimum atomic E-state index is -1.04. The van der Waals surface area contributed by atoms with Crippen LogP contribution in [-0.4, -0.2) is 35.2 Å². The molecule has 1 aliphatic heterocycles. The molecule has 0 saturated carbocycles. The molecule has 1 saturated heterocycles. The molecule has 8 heteroatoms. The molecule has 0 spiro atoms. The van der Waals surface area contributed by atoms with Gasteiger partial charge in [0.05, 0.1) is 5.69 Å². The topological polar surface area (TPSA) is 61.0 Å². The Morgan fingerprint density at radius 3 is 2.68 bits per heavy atom. The number of carbonyl (C=O) groups excluding carboxylic acids is 1. The maximum atomic E-state index is 13.3.